The number of aromatic nitrogens is 3. The number of nitrogens with one attached hydrogen (secondary N) is 2. The lowest BCUT2D eigenvalue weighted by atomic mass is 9.91. The fourth-order valence-electron chi connectivity index (χ4n) is 4.33. The summed E-state index contributed by atoms with van der Waals surface area (Å²) in [6, 6.07) is 9.24. The van der Waals surface area contributed by atoms with E-state index in [1.54, 1.807) is 24.4 Å². The van der Waals surface area contributed by atoms with Gasteiger partial charge in [0.05, 0.1) is 15.5 Å². The Bertz CT molecular complexity index is 1360. The Hall–Kier alpha value is -3.24. The summed E-state index contributed by atoms with van der Waals surface area (Å²) in [5.74, 6) is 0.983. The number of rotatable bonds is 7. The summed E-state index contributed by atoms with van der Waals surface area (Å²) in [5, 5.41) is 6.16. The summed E-state index contributed by atoms with van der Waals surface area (Å²) in [5.41, 5.74) is 1.00. The Kier molecular flexibility index (Phi) is 7.75. The number of hydrogen-bond donors (Lipinski definition) is 2. The molecule has 1 aliphatic rings. The number of halogens is 1. The van der Waals surface area contributed by atoms with E-state index in [0.717, 1.165) is 37.1 Å². The monoisotopic (exact) mass is 528 g/mol. The number of sulfone groups is 1. The second-order valence-corrected chi connectivity index (χ2v) is 11.3. The first kappa shape index (κ1) is 25.8. The number of benzene rings is 1. The number of pyridine rings is 1. The standard InChI is InChI=1S/C25H29ClN6O3S/c1-16-15-28-25(31-22(16)32(2)3)30-18-12-10-17(11-13-18)29-23(33)19-7-6-14-27-24(19)36(34,35)21-9-5-4-8-20(21)26/h4-9,14-15,17-18H,10-13H2,1-3H3,(H,29,33)(H,28,30,31). The van der Waals surface area contributed by atoms with E-state index in [9.17, 15) is 13.2 Å². The van der Waals surface area contributed by atoms with E-state index >= 15 is 0 Å². The molecule has 1 aromatic carbocycles. The summed E-state index contributed by atoms with van der Waals surface area (Å²) >= 11 is 6.12. The molecule has 11 heteroatoms. The third-order valence-corrected chi connectivity index (χ3v) is 8.37. The molecule has 190 valence electrons. The highest BCUT2D eigenvalue weighted by molar-refractivity contribution is 7.91. The van der Waals surface area contributed by atoms with E-state index in [-0.39, 0.29) is 32.6 Å². The van der Waals surface area contributed by atoms with Crippen molar-refractivity contribution in [3.63, 3.8) is 0 Å². The average molecular weight is 529 g/mol. The van der Waals surface area contributed by atoms with Crippen LogP contribution in [0.4, 0.5) is 11.8 Å². The quantitative estimate of drug-likeness (QED) is 0.474. The molecule has 36 heavy (non-hydrogen) atoms. The molecule has 0 unspecified atom stereocenters. The lowest BCUT2D eigenvalue weighted by Gasteiger charge is -2.30. The summed E-state index contributed by atoms with van der Waals surface area (Å²) < 4.78 is 26.5. The van der Waals surface area contributed by atoms with E-state index in [2.05, 4.69) is 25.6 Å². The highest BCUT2D eigenvalue weighted by Gasteiger charge is 2.29. The zero-order valence-corrected chi connectivity index (χ0v) is 22.0. The van der Waals surface area contributed by atoms with Gasteiger partial charge in [0.1, 0.15) is 5.82 Å². The van der Waals surface area contributed by atoms with Crippen molar-refractivity contribution in [2.75, 3.05) is 24.3 Å². The molecule has 0 radical (unpaired) electrons. The van der Waals surface area contributed by atoms with Gasteiger partial charge in [0.15, 0.2) is 5.03 Å². The summed E-state index contributed by atoms with van der Waals surface area (Å²) in [4.78, 5) is 28.0. The maximum atomic E-state index is 13.2. The largest absolute Gasteiger partial charge is 0.362 e. The summed E-state index contributed by atoms with van der Waals surface area (Å²) in [6.07, 6.45) is 6.27. The van der Waals surface area contributed by atoms with Crippen molar-refractivity contribution in [2.45, 2.75) is 54.6 Å². The van der Waals surface area contributed by atoms with E-state index in [4.69, 9.17) is 11.6 Å². The van der Waals surface area contributed by atoms with Gasteiger partial charge in [-0.2, -0.15) is 4.98 Å². The molecular weight excluding hydrogens is 500 g/mol. The molecule has 4 rings (SSSR count). The number of carbonyl (C=O) groups excluding carboxylic acids is 1. The zero-order chi connectivity index (χ0) is 25.9. The second kappa shape index (κ2) is 10.8. The maximum absolute atomic E-state index is 13.2. The fourth-order valence-corrected chi connectivity index (χ4v) is 6.21. The molecular formula is C25H29ClN6O3S. The molecule has 1 aliphatic carbocycles. The zero-order valence-electron chi connectivity index (χ0n) is 20.4. The predicted molar refractivity (Wildman–Crippen MR) is 139 cm³/mol. The molecule has 2 heterocycles. The molecule has 2 aromatic heterocycles. The van der Waals surface area contributed by atoms with Gasteiger partial charge in [-0.15, -0.1) is 0 Å². The lowest BCUT2D eigenvalue weighted by Crippen LogP contribution is -2.40. The molecule has 0 spiro atoms. The molecule has 0 atom stereocenters. The van der Waals surface area contributed by atoms with E-state index in [0.29, 0.717) is 5.95 Å². The van der Waals surface area contributed by atoms with Gasteiger partial charge in [-0.1, -0.05) is 23.7 Å². The van der Waals surface area contributed by atoms with Gasteiger partial charge in [-0.05, 0) is 56.9 Å². The molecule has 0 saturated heterocycles. The lowest BCUT2D eigenvalue weighted by molar-refractivity contribution is 0.0922. The van der Waals surface area contributed by atoms with Crippen molar-refractivity contribution >= 4 is 39.1 Å². The predicted octanol–water partition coefficient (Wildman–Crippen LogP) is 3.89. The highest BCUT2D eigenvalue weighted by Crippen LogP contribution is 2.29. The first-order valence-electron chi connectivity index (χ1n) is 11.7. The number of hydrogen-bond acceptors (Lipinski definition) is 8. The molecule has 2 N–H and O–H groups in total. The van der Waals surface area contributed by atoms with Gasteiger partial charge in [0.25, 0.3) is 5.91 Å². The molecule has 9 nitrogen and oxygen atoms in total. The van der Waals surface area contributed by atoms with Crippen LogP contribution in [-0.4, -0.2) is 55.5 Å². The van der Waals surface area contributed by atoms with Gasteiger partial charge >= 0.3 is 0 Å². The Morgan fingerprint density at radius 3 is 2.42 bits per heavy atom. The van der Waals surface area contributed by atoms with Gasteiger partial charge in [0.2, 0.25) is 15.8 Å². The van der Waals surface area contributed by atoms with Gasteiger partial charge in [0, 0.05) is 44.1 Å². The summed E-state index contributed by atoms with van der Waals surface area (Å²) in [7, 11) is -0.184. The third-order valence-electron chi connectivity index (χ3n) is 6.16. The van der Waals surface area contributed by atoms with Crippen LogP contribution in [0.15, 0.2) is 58.7 Å². The van der Waals surface area contributed by atoms with Gasteiger partial charge in [-0.3, -0.25) is 4.79 Å². The number of anilines is 2. The van der Waals surface area contributed by atoms with Gasteiger partial charge in [-0.25, -0.2) is 18.4 Å². The number of nitrogens with zero attached hydrogens (tertiary/aromatic N) is 4. The van der Waals surface area contributed by atoms with E-state index < -0.39 is 15.7 Å². The van der Waals surface area contributed by atoms with Crippen LogP contribution in [-0.2, 0) is 9.84 Å². The van der Waals surface area contributed by atoms with Crippen molar-refractivity contribution in [2.24, 2.45) is 0 Å². The van der Waals surface area contributed by atoms with Crippen LogP contribution in [0.1, 0.15) is 41.6 Å². The number of carbonyl (C=O) groups is 1. The molecule has 0 aliphatic heterocycles. The minimum atomic E-state index is -4.07. The molecule has 3 aromatic rings. The van der Waals surface area contributed by atoms with Crippen molar-refractivity contribution < 1.29 is 13.2 Å². The number of amides is 1. The molecule has 1 amide bonds. The SMILES string of the molecule is Cc1cnc(NC2CCC(NC(=O)c3cccnc3S(=O)(=O)c3ccccc3Cl)CC2)nc1N(C)C. The first-order chi connectivity index (χ1) is 17.2. The van der Waals surface area contributed by atoms with Crippen LogP contribution >= 0.6 is 11.6 Å². The topological polar surface area (TPSA) is 117 Å². The average Bonchev–Trinajstić information content (AvgIpc) is 2.86. The third kappa shape index (κ3) is 5.60. The van der Waals surface area contributed by atoms with Crippen molar-refractivity contribution in [3.8, 4) is 0 Å². The van der Waals surface area contributed by atoms with Crippen LogP contribution in [0.5, 0.6) is 0 Å². The minimum Gasteiger partial charge on any atom is -0.362 e. The minimum absolute atomic E-state index is 0.00179. The van der Waals surface area contributed by atoms with Crippen LogP contribution in [0.2, 0.25) is 5.02 Å². The molecule has 1 fully saturated rings. The fraction of sp³-hybridized carbons (Fsp3) is 0.360. The van der Waals surface area contributed by atoms with E-state index in [1.165, 1.54) is 24.4 Å². The van der Waals surface area contributed by atoms with Gasteiger partial charge < -0.3 is 15.5 Å². The smallest absolute Gasteiger partial charge is 0.254 e. The van der Waals surface area contributed by atoms with Crippen molar-refractivity contribution in [1.29, 1.82) is 0 Å². The first-order valence-corrected chi connectivity index (χ1v) is 13.6. The summed E-state index contributed by atoms with van der Waals surface area (Å²) in [6.45, 7) is 1.97. The van der Waals surface area contributed by atoms with Crippen LogP contribution < -0.4 is 15.5 Å². The second-order valence-electron chi connectivity index (χ2n) is 9.05. The van der Waals surface area contributed by atoms with Crippen LogP contribution in [0, 0.1) is 6.92 Å². The normalized spacial score (nSPS) is 17.9. The highest BCUT2D eigenvalue weighted by atomic mass is 35.5. The Morgan fingerprint density at radius 1 is 1.03 bits per heavy atom. The van der Waals surface area contributed by atoms with E-state index in [1.807, 2.05) is 25.9 Å². The molecule has 0 bridgehead atoms. The number of aryl methyl sites for hydroxylation is 1. The maximum Gasteiger partial charge on any atom is 0.254 e. The van der Waals surface area contributed by atoms with Crippen molar-refractivity contribution in [1.82, 2.24) is 20.3 Å². The van der Waals surface area contributed by atoms with Crippen LogP contribution in [0.3, 0.4) is 0 Å². The molecule has 1 saturated carbocycles. The Labute approximate surface area is 216 Å². The van der Waals surface area contributed by atoms with Crippen molar-refractivity contribution in [3.05, 3.63) is 64.9 Å². The Morgan fingerprint density at radius 2 is 1.72 bits per heavy atom. The Balaban J connectivity index is 1.41. The van der Waals surface area contributed by atoms with Crippen LogP contribution in [0.25, 0.3) is 0 Å².